The molecule has 5 amide bonds. The van der Waals surface area contributed by atoms with Crippen LogP contribution < -0.4 is 54.4 Å². The minimum Gasteiger partial charge on any atom is -0.508 e. The van der Waals surface area contributed by atoms with Crippen molar-refractivity contribution in [2.45, 2.75) is 68.7 Å². The molecule has 0 aliphatic rings. The molecular formula is C39H54N12O8S. The topological polar surface area (TPSA) is 353 Å². The van der Waals surface area contributed by atoms with Gasteiger partial charge in [0, 0.05) is 31.7 Å². The Labute approximate surface area is 352 Å². The van der Waals surface area contributed by atoms with Crippen molar-refractivity contribution in [1.29, 1.82) is 10.8 Å². The van der Waals surface area contributed by atoms with E-state index in [0.717, 1.165) is 10.8 Å². The second-order valence-corrected chi connectivity index (χ2v) is 14.2. The average Bonchev–Trinajstić information content (AvgIpc) is 3.21. The van der Waals surface area contributed by atoms with Crippen LogP contribution in [0.3, 0.4) is 0 Å². The SMILES string of the molecule is N=C(N)NCCC[C@H](NC(=O)[C@H](Cc1ccc(O)cc1)NC(=O)[C@@H](N)CCCNC(=N)N)C(=O)N[C@@H](Cc1ccc2ccccc2c1)C(=O)NCC(=O)N[C@@H](CS)C(=O)O. The molecule has 3 aromatic rings. The van der Waals surface area contributed by atoms with Gasteiger partial charge >= 0.3 is 5.97 Å². The van der Waals surface area contributed by atoms with Crippen molar-refractivity contribution < 1.29 is 39.0 Å². The van der Waals surface area contributed by atoms with Gasteiger partial charge in [-0.3, -0.25) is 34.8 Å². The number of benzene rings is 3. The van der Waals surface area contributed by atoms with Gasteiger partial charge in [-0.05, 0) is 59.7 Å². The third-order valence-corrected chi connectivity index (χ3v) is 9.46. The van der Waals surface area contributed by atoms with Crippen LogP contribution in [0.25, 0.3) is 10.8 Å². The highest BCUT2D eigenvalue weighted by atomic mass is 32.1. The van der Waals surface area contributed by atoms with Gasteiger partial charge in [0.25, 0.3) is 0 Å². The van der Waals surface area contributed by atoms with E-state index in [1.165, 1.54) is 12.1 Å². The van der Waals surface area contributed by atoms with Crippen LogP contribution in [0.2, 0.25) is 0 Å². The largest absolute Gasteiger partial charge is 0.508 e. The number of hydrogen-bond acceptors (Lipinski definition) is 11. The van der Waals surface area contributed by atoms with Gasteiger partial charge in [0.2, 0.25) is 29.5 Å². The molecule has 0 heterocycles. The molecule has 0 aromatic heterocycles. The van der Waals surface area contributed by atoms with Gasteiger partial charge < -0.3 is 64.6 Å². The van der Waals surface area contributed by atoms with Gasteiger partial charge in [0.1, 0.15) is 29.9 Å². The monoisotopic (exact) mass is 850 g/mol. The van der Waals surface area contributed by atoms with E-state index in [9.17, 15) is 39.0 Å². The Hall–Kier alpha value is -6.61. The molecular weight excluding hydrogens is 797 g/mol. The van der Waals surface area contributed by atoms with Crippen molar-refractivity contribution in [3.05, 3.63) is 77.9 Å². The molecule has 0 unspecified atom stereocenters. The predicted molar refractivity (Wildman–Crippen MR) is 228 cm³/mol. The number of nitrogens with two attached hydrogens (primary N) is 3. The molecule has 3 rings (SSSR count). The maximum Gasteiger partial charge on any atom is 0.327 e. The number of carboxylic acids is 1. The zero-order valence-electron chi connectivity index (χ0n) is 32.8. The smallest absolute Gasteiger partial charge is 0.327 e. The summed E-state index contributed by atoms with van der Waals surface area (Å²) in [6.45, 7) is -0.182. The van der Waals surface area contributed by atoms with E-state index >= 15 is 0 Å². The number of carbonyl (C=O) groups is 6. The summed E-state index contributed by atoms with van der Waals surface area (Å²) >= 11 is 3.93. The summed E-state index contributed by atoms with van der Waals surface area (Å²) in [5.74, 6) is -5.90. The van der Waals surface area contributed by atoms with Crippen LogP contribution in [0.4, 0.5) is 0 Å². The Bertz CT molecular complexity index is 1990. The summed E-state index contributed by atoms with van der Waals surface area (Å²) in [7, 11) is 0. The highest BCUT2D eigenvalue weighted by Gasteiger charge is 2.31. The molecule has 0 radical (unpaired) electrons. The van der Waals surface area contributed by atoms with Crippen molar-refractivity contribution in [3.8, 4) is 5.75 Å². The number of carboxylic acid groups (broad SMARTS) is 1. The molecule has 0 fully saturated rings. The summed E-state index contributed by atoms with van der Waals surface area (Å²) in [5, 5.41) is 53.7. The quantitative estimate of drug-likeness (QED) is 0.0206. The Morgan fingerprint density at radius 3 is 1.78 bits per heavy atom. The van der Waals surface area contributed by atoms with Crippen molar-refractivity contribution >= 4 is 70.8 Å². The van der Waals surface area contributed by atoms with E-state index < -0.39 is 72.3 Å². The normalized spacial score (nSPS) is 13.3. The molecule has 0 saturated carbocycles. The van der Waals surface area contributed by atoms with Gasteiger partial charge in [-0.25, -0.2) is 4.79 Å². The van der Waals surface area contributed by atoms with Crippen LogP contribution in [-0.2, 0) is 41.6 Å². The standard InChI is InChI=1S/C39H54N12O8S/c40-27(7-3-15-45-38(41)42)33(54)50-30(18-22-10-13-26(52)14-11-22)36(57)49-28(8-4-16-46-39(43)44)35(56)51-29(19-23-9-12-24-5-1-2-6-25(24)17-23)34(55)47-20-32(53)48-31(21-60)37(58)59/h1-2,5-6,9-14,17,27-31,52,60H,3-4,7-8,15-16,18-21,40H2,(H,47,55)(H,48,53)(H,49,57)(H,50,54)(H,51,56)(H,58,59)(H4,41,42,45)(H4,43,44,46)/t27-,28-,29-,30-,31-/m0/s1. The van der Waals surface area contributed by atoms with Crippen molar-refractivity contribution in [2.24, 2.45) is 17.2 Å². The first-order valence-corrected chi connectivity index (χ1v) is 19.7. The van der Waals surface area contributed by atoms with Gasteiger partial charge in [0.15, 0.2) is 11.9 Å². The third-order valence-electron chi connectivity index (χ3n) is 9.10. The predicted octanol–water partition coefficient (Wildman–Crippen LogP) is -1.75. The maximum absolute atomic E-state index is 14.2. The van der Waals surface area contributed by atoms with E-state index in [2.05, 4.69) is 49.8 Å². The molecule has 21 heteroatoms. The molecule has 17 N–H and O–H groups in total. The molecule has 0 spiro atoms. The summed E-state index contributed by atoms with van der Waals surface area (Å²) in [6.07, 6.45) is 0.644. The van der Waals surface area contributed by atoms with Crippen LogP contribution in [0.5, 0.6) is 5.75 Å². The molecule has 20 nitrogen and oxygen atoms in total. The average molecular weight is 851 g/mol. The van der Waals surface area contributed by atoms with Crippen molar-refractivity contribution in [1.82, 2.24) is 37.2 Å². The molecule has 0 saturated heterocycles. The highest BCUT2D eigenvalue weighted by Crippen LogP contribution is 2.17. The van der Waals surface area contributed by atoms with Crippen molar-refractivity contribution in [2.75, 3.05) is 25.4 Å². The summed E-state index contributed by atoms with van der Waals surface area (Å²) < 4.78 is 0. The van der Waals surface area contributed by atoms with Crippen LogP contribution in [0.1, 0.15) is 36.8 Å². The van der Waals surface area contributed by atoms with E-state index in [1.807, 2.05) is 36.4 Å². The Kier molecular flexibility index (Phi) is 19.4. The summed E-state index contributed by atoms with van der Waals surface area (Å²) in [5.41, 5.74) is 18.1. The van der Waals surface area contributed by atoms with Crippen LogP contribution in [0, 0.1) is 10.8 Å². The van der Waals surface area contributed by atoms with Gasteiger partial charge in [0.05, 0.1) is 12.6 Å². The number of amides is 5. The van der Waals surface area contributed by atoms with Crippen LogP contribution in [0.15, 0.2) is 66.7 Å². The zero-order valence-corrected chi connectivity index (χ0v) is 33.7. The summed E-state index contributed by atoms with van der Waals surface area (Å²) in [6, 6.07) is 12.7. The number of guanidine groups is 2. The van der Waals surface area contributed by atoms with Crippen LogP contribution in [-0.4, -0.2) is 113 Å². The number of aliphatic carboxylic acids is 1. The number of hydrogen-bond donors (Lipinski definition) is 15. The van der Waals surface area contributed by atoms with E-state index in [4.69, 9.17) is 28.0 Å². The summed E-state index contributed by atoms with van der Waals surface area (Å²) in [4.78, 5) is 79.1. The molecule has 0 bridgehead atoms. The maximum atomic E-state index is 14.2. The first-order chi connectivity index (χ1) is 28.6. The number of aromatic hydroxyl groups is 1. The number of nitrogens with one attached hydrogen (secondary N) is 9. The van der Waals surface area contributed by atoms with E-state index in [1.54, 1.807) is 18.2 Å². The zero-order chi connectivity index (χ0) is 44.2. The molecule has 0 aliphatic heterocycles. The lowest BCUT2D eigenvalue weighted by Gasteiger charge is -2.26. The minimum absolute atomic E-state index is 0.0204. The van der Waals surface area contributed by atoms with E-state index in [-0.39, 0.29) is 68.6 Å². The Morgan fingerprint density at radius 1 is 0.633 bits per heavy atom. The number of phenols is 1. The van der Waals surface area contributed by atoms with Gasteiger partial charge in [-0.15, -0.1) is 0 Å². The fourth-order valence-electron chi connectivity index (χ4n) is 5.91. The van der Waals surface area contributed by atoms with Crippen LogP contribution >= 0.6 is 12.6 Å². The number of thiol groups is 1. The number of fused-ring (bicyclic) bond motifs is 1. The first kappa shape index (κ1) is 47.8. The number of rotatable bonds is 24. The first-order valence-electron chi connectivity index (χ1n) is 19.0. The lowest BCUT2D eigenvalue weighted by atomic mass is 10.00. The second kappa shape index (κ2) is 24.3. The minimum atomic E-state index is -1.32. The number of carbonyl (C=O) groups excluding carboxylic acids is 5. The fourth-order valence-corrected chi connectivity index (χ4v) is 6.15. The van der Waals surface area contributed by atoms with Gasteiger partial charge in [-0.1, -0.05) is 54.6 Å². The Balaban J connectivity index is 1.89. The van der Waals surface area contributed by atoms with E-state index in [0.29, 0.717) is 17.5 Å². The molecule has 60 heavy (non-hydrogen) atoms. The molecule has 0 aliphatic carbocycles. The lowest BCUT2D eigenvalue weighted by Crippen LogP contribution is -2.59. The lowest BCUT2D eigenvalue weighted by molar-refractivity contribution is -0.141. The molecule has 324 valence electrons. The second-order valence-electron chi connectivity index (χ2n) is 13.9. The fraction of sp³-hybridized carbons (Fsp3) is 0.385. The third kappa shape index (κ3) is 16.7. The van der Waals surface area contributed by atoms with Crippen molar-refractivity contribution in [3.63, 3.8) is 0 Å². The molecule has 3 aromatic carbocycles. The Morgan fingerprint density at radius 2 is 1.17 bits per heavy atom. The molecule has 5 atom stereocenters. The number of phenolic OH excluding ortho intramolecular Hbond substituents is 1. The highest BCUT2D eigenvalue weighted by molar-refractivity contribution is 7.80. The van der Waals surface area contributed by atoms with Gasteiger partial charge in [-0.2, -0.15) is 12.6 Å².